The number of hydrogen-bond acceptors (Lipinski definition) is 5. The van der Waals surface area contributed by atoms with Gasteiger partial charge in [-0.1, -0.05) is 0 Å². The first-order chi connectivity index (χ1) is 7.70. The summed E-state index contributed by atoms with van der Waals surface area (Å²) in [7, 11) is 3.51. The Morgan fingerprint density at radius 2 is 2.50 bits per heavy atom. The van der Waals surface area contributed by atoms with Crippen LogP contribution in [0.2, 0.25) is 0 Å². The molecule has 1 aromatic rings. The molecule has 1 aliphatic rings. The molecule has 2 heterocycles. The van der Waals surface area contributed by atoms with Gasteiger partial charge >= 0.3 is 5.97 Å². The van der Waals surface area contributed by atoms with Gasteiger partial charge in [-0.25, -0.2) is 9.78 Å². The summed E-state index contributed by atoms with van der Waals surface area (Å²) in [5.41, 5.74) is 1.04. The van der Waals surface area contributed by atoms with E-state index in [2.05, 4.69) is 21.7 Å². The summed E-state index contributed by atoms with van der Waals surface area (Å²) in [4.78, 5) is 18.0. The number of nitrogens with zero attached hydrogens (tertiary/aromatic N) is 2. The first-order valence-electron chi connectivity index (χ1n) is 5.43. The molecule has 0 aliphatic carbocycles. The van der Waals surface area contributed by atoms with Gasteiger partial charge < -0.3 is 9.64 Å². The molecule has 0 saturated carbocycles. The minimum atomic E-state index is -0.333. The standard InChI is InChI=1S/C11H16N2O2S/c1-13-5-3-4-8(6-13)9-7-16-10(12-9)11(14)15-2/h7-8H,3-6H2,1-2H3. The van der Waals surface area contributed by atoms with Crippen LogP contribution < -0.4 is 0 Å². The lowest BCUT2D eigenvalue weighted by molar-refractivity contribution is 0.0600. The Morgan fingerprint density at radius 3 is 3.19 bits per heavy atom. The third-order valence-corrected chi connectivity index (χ3v) is 3.77. The molecule has 0 bridgehead atoms. The van der Waals surface area contributed by atoms with Gasteiger partial charge in [0.15, 0.2) is 0 Å². The van der Waals surface area contributed by atoms with Crippen molar-refractivity contribution < 1.29 is 9.53 Å². The molecule has 1 fully saturated rings. The highest BCUT2D eigenvalue weighted by Gasteiger charge is 2.22. The minimum absolute atomic E-state index is 0.333. The topological polar surface area (TPSA) is 42.4 Å². The molecule has 88 valence electrons. The Labute approximate surface area is 99.2 Å². The Balaban J connectivity index is 2.09. The molecule has 0 amide bonds. The summed E-state index contributed by atoms with van der Waals surface area (Å²) in [5.74, 6) is 0.133. The van der Waals surface area contributed by atoms with Crippen molar-refractivity contribution in [2.75, 3.05) is 27.2 Å². The molecular formula is C11H16N2O2S. The first-order valence-corrected chi connectivity index (χ1v) is 6.31. The molecule has 0 aromatic carbocycles. The number of rotatable bonds is 2. The Bertz CT molecular complexity index is 378. The SMILES string of the molecule is COC(=O)c1nc(C2CCCN(C)C2)cs1. The minimum Gasteiger partial charge on any atom is -0.464 e. The van der Waals surface area contributed by atoms with E-state index in [0.29, 0.717) is 10.9 Å². The van der Waals surface area contributed by atoms with E-state index in [1.165, 1.54) is 24.9 Å². The Kier molecular flexibility index (Phi) is 3.56. The largest absolute Gasteiger partial charge is 0.464 e. The number of thiazole rings is 1. The molecule has 1 unspecified atom stereocenters. The second kappa shape index (κ2) is 4.93. The van der Waals surface area contributed by atoms with Crippen molar-refractivity contribution in [3.05, 3.63) is 16.1 Å². The van der Waals surface area contributed by atoms with Crippen molar-refractivity contribution >= 4 is 17.3 Å². The average molecular weight is 240 g/mol. The van der Waals surface area contributed by atoms with Gasteiger partial charge in [0.05, 0.1) is 12.8 Å². The van der Waals surface area contributed by atoms with Crippen LogP contribution in [-0.2, 0) is 4.74 Å². The maximum atomic E-state index is 11.3. The third kappa shape index (κ3) is 2.41. The smallest absolute Gasteiger partial charge is 0.367 e. The highest BCUT2D eigenvalue weighted by atomic mass is 32.1. The Morgan fingerprint density at radius 1 is 1.69 bits per heavy atom. The molecule has 16 heavy (non-hydrogen) atoms. The fourth-order valence-electron chi connectivity index (χ4n) is 2.06. The molecule has 0 spiro atoms. The zero-order valence-electron chi connectivity index (χ0n) is 9.60. The molecule has 5 heteroatoms. The number of carbonyl (C=O) groups is 1. The van der Waals surface area contributed by atoms with Crippen LogP contribution in [0.3, 0.4) is 0 Å². The fraction of sp³-hybridized carbons (Fsp3) is 0.636. The molecule has 1 atom stereocenters. The lowest BCUT2D eigenvalue weighted by atomic mass is 9.96. The van der Waals surface area contributed by atoms with Gasteiger partial charge in [-0.2, -0.15) is 0 Å². The van der Waals surface area contributed by atoms with Gasteiger partial charge in [-0.05, 0) is 26.4 Å². The van der Waals surface area contributed by atoms with Gasteiger partial charge in [-0.3, -0.25) is 0 Å². The van der Waals surface area contributed by atoms with E-state index < -0.39 is 0 Å². The molecule has 1 saturated heterocycles. The summed E-state index contributed by atoms with van der Waals surface area (Å²) in [6.45, 7) is 2.19. The van der Waals surface area contributed by atoms with Crippen LogP contribution in [-0.4, -0.2) is 43.1 Å². The molecule has 0 radical (unpaired) electrons. The summed E-state index contributed by atoms with van der Waals surface area (Å²) in [6, 6.07) is 0. The molecular weight excluding hydrogens is 224 g/mol. The number of likely N-dealkylation sites (N-methyl/N-ethyl adjacent to an activating group) is 1. The maximum Gasteiger partial charge on any atom is 0.367 e. The van der Waals surface area contributed by atoms with E-state index in [4.69, 9.17) is 0 Å². The second-order valence-electron chi connectivity index (χ2n) is 4.17. The van der Waals surface area contributed by atoms with Crippen LogP contribution in [0.25, 0.3) is 0 Å². The molecule has 2 rings (SSSR count). The Hall–Kier alpha value is -0.940. The molecule has 1 aromatic heterocycles. The summed E-state index contributed by atoms with van der Waals surface area (Å²) in [5, 5.41) is 2.45. The van der Waals surface area contributed by atoms with E-state index in [0.717, 1.165) is 25.2 Å². The lowest BCUT2D eigenvalue weighted by Crippen LogP contribution is -2.30. The van der Waals surface area contributed by atoms with Gasteiger partial charge in [0.1, 0.15) is 0 Å². The summed E-state index contributed by atoms with van der Waals surface area (Å²) < 4.78 is 4.66. The summed E-state index contributed by atoms with van der Waals surface area (Å²) >= 11 is 1.37. The van der Waals surface area contributed by atoms with Crippen molar-refractivity contribution in [2.45, 2.75) is 18.8 Å². The van der Waals surface area contributed by atoms with Crippen molar-refractivity contribution in [2.24, 2.45) is 0 Å². The normalized spacial score (nSPS) is 22.0. The van der Waals surface area contributed by atoms with Crippen LogP contribution >= 0.6 is 11.3 Å². The van der Waals surface area contributed by atoms with Crippen molar-refractivity contribution in [3.8, 4) is 0 Å². The maximum absolute atomic E-state index is 11.3. The zero-order valence-corrected chi connectivity index (χ0v) is 10.4. The fourth-order valence-corrected chi connectivity index (χ4v) is 2.88. The highest BCUT2D eigenvalue weighted by molar-refractivity contribution is 7.11. The quantitative estimate of drug-likeness (QED) is 0.738. The number of esters is 1. The van der Waals surface area contributed by atoms with E-state index in [1.54, 1.807) is 0 Å². The van der Waals surface area contributed by atoms with E-state index in [-0.39, 0.29) is 5.97 Å². The predicted octanol–water partition coefficient (Wildman–Crippen LogP) is 1.74. The number of piperidine rings is 1. The van der Waals surface area contributed by atoms with Crippen LogP contribution in [0.5, 0.6) is 0 Å². The van der Waals surface area contributed by atoms with Gasteiger partial charge in [0.25, 0.3) is 0 Å². The lowest BCUT2D eigenvalue weighted by Gasteiger charge is -2.28. The number of carbonyl (C=O) groups excluding carboxylic acids is 1. The van der Waals surface area contributed by atoms with Crippen LogP contribution in [0, 0.1) is 0 Å². The van der Waals surface area contributed by atoms with Gasteiger partial charge in [0.2, 0.25) is 5.01 Å². The molecule has 1 aliphatic heterocycles. The summed E-state index contributed by atoms with van der Waals surface area (Å²) in [6.07, 6.45) is 2.36. The third-order valence-electron chi connectivity index (χ3n) is 2.92. The number of methoxy groups -OCH3 is 1. The highest BCUT2D eigenvalue weighted by Crippen LogP contribution is 2.27. The molecule has 0 N–H and O–H groups in total. The average Bonchev–Trinajstić information content (AvgIpc) is 2.77. The van der Waals surface area contributed by atoms with E-state index in [9.17, 15) is 4.79 Å². The van der Waals surface area contributed by atoms with Gasteiger partial charge in [-0.15, -0.1) is 11.3 Å². The monoisotopic (exact) mass is 240 g/mol. The predicted molar refractivity (Wildman–Crippen MR) is 62.9 cm³/mol. The van der Waals surface area contributed by atoms with Gasteiger partial charge in [0, 0.05) is 17.8 Å². The van der Waals surface area contributed by atoms with Crippen LogP contribution in [0.1, 0.15) is 34.3 Å². The van der Waals surface area contributed by atoms with Crippen LogP contribution in [0.15, 0.2) is 5.38 Å². The van der Waals surface area contributed by atoms with Crippen molar-refractivity contribution in [1.29, 1.82) is 0 Å². The second-order valence-corrected chi connectivity index (χ2v) is 5.03. The van der Waals surface area contributed by atoms with Crippen molar-refractivity contribution in [3.63, 3.8) is 0 Å². The number of likely N-dealkylation sites (tertiary alicyclic amines) is 1. The zero-order chi connectivity index (χ0) is 11.5. The number of aromatic nitrogens is 1. The van der Waals surface area contributed by atoms with Crippen LogP contribution in [0.4, 0.5) is 0 Å². The molecule has 4 nitrogen and oxygen atoms in total. The first kappa shape index (κ1) is 11.5. The number of hydrogen-bond donors (Lipinski definition) is 0. The van der Waals surface area contributed by atoms with E-state index >= 15 is 0 Å². The van der Waals surface area contributed by atoms with Crippen molar-refractivity contribution in [1.82, 2.24) is 9.88 Å². The van der Waals surface area contributed by atoms with E-state index in [1.807, 2.05) is 5.38 Å². The number of ether oxygens (including phenoxy) is 1.